The van der Waals surface area contributed by atoms with E-state index in [1.54, 1.807) is 30.7 Å². The maximum absolute atomic E-state index is 12.1. The molecule has 0 spiro atoms. The molecule has 3 aromatic heterocycles. The highest BCUT2D eigenvalue weighted by Crippen LogP contribution is 2.33. The number of nitrogens with one attached hydrogen (secondary N) is 1. The lowest BCUT2D eigenvalue weighted by Gasteiger charge is -2.34. The predicted molar refractivity (Wildman–Crippen MR) is 120 cm³/mol. The van der Waals surface area contributed by atoms with Gasteiger partial charge in [-0.05, 0) is 25.8 Å². The van der Waals surface area contributed by atoms with Crippen LogP contribution in [0.2, 0.25) is 0 Å². The molecule has 30 heavy (non-hydrogen) atoms. The SMILES string of the molecule is CCc1c(-c2csc(N3CCN(Cc4cnc(N)nc4)CC3)n2)[nH]c(C)c1C(C)=O. The molecule has 1 aliphatic rings. The van der Waals surface area contributed by atoms with Crippen LogP contribution in [0.1, 0.15) is 41.0 Å². The Kier molecular flexibility index (Phi) is 5.83. The van der Waals surface area contributed by atoms with Crippen molar-refractivity contribution in [1.29, 1.82) is 0 Å². The quantitative estimate of drug-likeness (QED) is 0.585. The number of nitrogens with zero attached hydrogens (tertiary/aromatic N) is 5. The molecular weight excluding hydrogens is 398 g/mol. The molecule has 4 rings (SSSR count). The van der Waals surface area contributed by atoms with Gasteiger partial charge >= 0.3 is 0 Å². The third-order valence-electron chi connectivity index (χ3n) is 5.52. The largest absolute Gasteiger partial charge is 0.368 e. The number of ketones is 1. The minimum atomic E-state index is 0.102. The van der Waals surface area contributed by atoms with E-state index in [9.17, 15) is 4.79 Å². The van der Waals surface area contributed by atoms with Crippen LogP contribution in [0.5, 0.6) is 0 Å². The molecule has 0 aliphatic carbocycles. The van der Waals surface area contributed by atoms with Gasteiger partial charge in [0.1, 0.15) is 5.69 Å². The van der Waals surface area contributed by atoms with Gasteiger partial charge in [-0.15, -0.1) is 11.3 Å². The summed E-state index contributed by atoms with van der Waals surface area (Å²) in [5, 5.41) is 3.11. The van der Waals surface area contributed by atoms with Gasteiger partial charge in [-0.25, -0.2) is 15.0 Å². The van der Waals surface area contributed by atoms with Gasteiger partial charge in [-0.2, -0.15) is 0 Å². The van der Waals surface area contributed by atoms with Gasteiger partial charge in [-0.1, -0.05) is 6.92 Å². The molecule has 9 heteroatoms. The Morgan fingerprint density at radius 1 is 1.23 bits per heavy atom. The van der Waals surface area contributed by atoms with Crippen molar-refractivity contribution in [2.24, 2.45) is 0 Å². The molecule has 4 heterocycles. The number of hydrogen-bond acceptors (Lipinski definition) is 8. The summed E-state index contributed by atoms with van der Waals surface area (Å²) in [4.78, 5) is 33.2. The minimum Gasteiger partial charge on any atom is -0.368 e. The second-order valence-electron chi connectivity index (χ2n) is 7.62. The molecule has 1 saturated heterocycles. The molecule has 0 atom stereocenters. The Hall–Kier alpha value is -2.78. The molecule has 3 N–H and O–H groups in total. The molecule has 0 radical (unpaired) electrons. The van der Waals surface area contributed by atoms with E-state index in [2.05, 4.69) is 37.1 Å². The number of hydrogen-bond donors (Lipinski definition) is 2. The first-order valence-electron chi connectivity index (χ1n) is 10.2. The number of anilines is 2. The van der Waals surface area contributed by atoms with Crippen LogP contribution in [-0.4, -0.2) is 56.8 Å². The third kappa shape index (κ3) is 4.08. The number of thiazole rings is 1. The van der Waals surface area contributed by atoms with E-state index in [0.29, 0.717) is 5.95 Å². The molecule has 0 saturated carbocycles. The van der Waals surface area contributed by atoms with Crippen LogP contribution in [-0.2, 0) is 13.0 Å². The Morgan fingerprint density at radius 2 is 1.93 bits per heavy atom. The predicted octanol–water partition coefficient (Wildman–Crippen LogP) is 2.91. The molecule has 8 nitrogen and oxygen atoms in total. The topological polar surface area (TPSA) is 104 Å². The number of nitrogens with two attached hydrogens (primary N) is 1. The number of carbonyl (C=O) groups excluding carboxylic acids is 1. The van der Waals surface area contributed by atoms with E-state index >= 15 is 0 Å². The average molecular weight is 426 g/mol. The van der Waals surface area contributed by atoms with Crippen molar-refractivity contribution < 1.29 is 4.79 Å². The van der Waals surface area contributed by atoms with Gasteiger partial charge in [0.15, 0.2) is 10.9 Å². The van der Waals surface area contributed by atoms with Gasteiger partial charge in [-0.3, -0.25) is 9.69 Å². The summed E-state index contributed by atoms with van der Waals surface area (Å²) in [6.45, 7) is 10.2. The number of H-pyrrole nitrogens is 1. The lowest BCUT2D eigenvalue weighted by Crippen LogP contribution is -2.46. The fraction of sp³-hybridized carbons (Fsp3) is 0.429. The lowest BCUT2D eigenvalue weighted by molar-refractivity contribution is 0.101. The van der Waals surface area contributed by atoms with Crippen molar-refractivity contribution in [2.45, 2.75) is 33.7 Å². The van der Waals surface area contributed by atoms with Crippen molar-refractivity contribution in [3.63, 3.8) is 0 Å². The smallest absolute Gasteiger partial charge is 0.219 e. The van der Waals surface area contributed by atoms with Crippen LogP contribution in [0.3, 0.4) is 0 Å². The maximum atomic E-state index is 12.1. The summed E-state index contributed by atoms with van der Waals surface area (Å²) in [6.07, 6.45) is 4.39. The summed E-state index contributed by atoms with van der Waals surface area (Å²) in [7, 11) is 0. The average Bonchev–Trinajstić information content (AvgIpc) is 3.34. The molecule has 3 aromatic rings. The number of aromatic amines is 1. The van der Waals surface area contributed by atoms with Crippen LogP contribution < -0.4 is 10.6 Å². The number of aromatic nitrogens is 4. The molecule has 158 valence electrons. The minimum absolute atomic E-state index is 0.102. The first kappa shape index (κ1) is 20.5. The Labute approximate surface area is 180 Å². The van der Waals surface area contributed by atoms with Gasteiger partial charge < -0.3 is 15.6 Å². The molecular formula is C21H27N7OS. The zero-order valence-corrected chi connectivity index (χ0v) is 18.4. The van der Waals surface area contributed by atoms with Crippen LogP contribution in [0.4, 0.5) is 11.1 Å². The lowest BCUT2D eigenvalue weighted by atomic mass is 10.0. The molecule has 1 aliphatic heterocycles. The Bertz CT molecular complexity index is 1030. The third-order valence-corrected chi connectivity index (χ3v) is 6.42. The number of aryl methyl sites for hydroxylation is 1. The van der Waals surface area contributed by atoms with E-state index < -0.39 is 0 Å². The number of carbonyl (C=O) groups is 1. The first-order valence-corrected chi connectivity index (χ1v) is 11.1. The second-order valence-corrected chi connectivity index (χ2v) is 8.45. The molecule has 1 fully saturated rings. The molecule has 0 amide bonds. The van der Waals surface area contributed by atoms with Gasteiger partial charge in [0.05, 0.1) is 5.69 Å². The van der Waals surface area contributed by atoms with E-state index in [4.69, 9.17) is 10.7 Å². The Balaban J connectivity index is 1.44. The number of rotatable bonds is 6. The number of nitrogen functional groups attached to an aromatic ring is 1. The van der Waals surface area contributed by atoms with E-state index in [0.717, 1.165) is 78.0 Å². The van der Waals surface area contributed by atoms with E-state index in [1.165, 1.54) is 0 Å². The molecule has 0 unspecified atom stereocenters. The Morgan fingerprint density at radius 3 is 2.57 bits per heavy atom. The van der Waals surface area contributed by atoms with E-state index in [1.807, 2.05) is 6.92 Å². The maximum Gasteiger partial charge on any atom is 0.219 e. The van der Waals surface area contributed by atoms with Crippen LogP contribution in [0, 0.1) is 6.92 Å². The second kappa shape index (κ2) is 8.53. The van der Waals surface area contributed by atoms with Crippen LogP contribution >= 0.6 is 11.3 Å². The molecule has 0 bridgehead atoms. The molecule has 0 aromatic carbocycles. The van der Waals surface area contributed by atoms with Gasteiger partial charge in [0, 0.05) is 67.3 Å². The van der Waals surface area contributed by atoms with Crippen molar-refractivity contribution in [3.05, 3.63) is 40.2 Å². The fourth-order valence-electron chi connectivity index (χ4n) is 4.05. The van der Waals surface area contributed by atoms with Crippen molar-refractivity contribution in [1.82, 2.24) is 24.8 Å². The highest BCUT2D eigenvalue weighted by molar-refractivity contribution is 7.14. The normalized spacial score (nSPS) is 15.0. The number of piperazine rings is 1. The highest BCUT2D eigenvalue weighted by Gasteiger charge is 2.23. The van der Waals surface area contributed by atoms with Gasteiger partial charge in [0.25, 0.3) is 0 Å². The summed E-state index contributed by atoms with van der Waals surface area (Å²) in [5.74, 6) is 0.409. The van der Waals surface area contributed by atoms with Crippen molar-refractivity contribution >= 4 is 28.2 Å². The summed E-state index contributed by atoms with van der Waals surface area (Å²) < 4.78 is 0. The van der Waals surface area contributed by atoms with Crippen molar-refractivity contribution in [2.75, 3.05) is 36.8 Å². The monoisotopic (exact) mass is 425 g/mol. The highest BCUT2D eigenvalue weighted by atomic mass is 32.1. The van der Waals surface area contributed by atoms with Gasteiger partial charge in [0.2, 0.25) is 5.95 Å². The zero-order chi connectivity index (χ0) is 21.3. The fourth-order valence-corrected chi connectivity index (χ4v) is 4.92. The van der Waals surface area contributed by atoms with Crippen LogP contribution in [0.25, 0.3) is 11.4 Å². The summed E-state index contributed by atoms with van der Waals surface area (Å²) >= 11 is 1.66. The van der Waals surface area contributed by atoms with Crippen molar-refractivity contribution in [3.8, 4) is 11.4 Å². The summed E-state index contributed by atoms with van der Waals surface area (Å²) in [5.41, 5.74) is 11.3. The zero-order valence-electron chi connectivity index (χ0n) is 17.6. The first-order chi connectivity index (χ1) is 14.5. The van der Waals surface area contributed by atoms with E-state index in [-0.39, 0.29) is 5.78 Å². The standard InChI is InChI=1S/C21H27N7OS/c1-4-16-18(14(3)29)13(2)25-19(16)17-12-30-21(26-17)28-7-5-27(6-8-28)11-15-9-23-20(22)24-10-15/h9-10,12,25H,4-8,11H2,1-3H3,(H2,22,23,24). The number of Topliss-reactive ketones (excluding diaryl/α,β-unsaturated/α-hetero) is 1. The summed E-state index contributed by atoms with van der Waals surface area (Å²) in [6, 6.07) is 0. The van der Waals surface area contributed by atoms with Crippen LogP contribution in [0.15, 0.2) is 17.8 Å².